The number of hydrogen-bond donors (Lipinski definition) is 0. The minimum atomic E-state index is -0.478. The molecule has 0 amide bonds. The minimum absolute atomic E-state index is 0.0239. The van der Waals surface area contributed by atoms with Gasteiger partial charge in [0.05, 0.1) is 12.7 Å². The van der Waals surface area contributed by atoms with Crippen LogP contribution < -0.4 is 4.74 Å². The number of hydrogen-bond acceptors (Lipinski definition) is 5. The maximum Gasteiger partial charge on any atom is 0.338 e. The quantitative estimate of drug-likeness (QED) is 0.578. The zero-order valence-electron chi connectivity index (χ0n) is 15.0. The lowest BCUT2D eigenvalue weighted by Crippen LogP contribution is -2.28. The molecule has 5 nitrogen and oxygen atoms in total. The smallest absolute Gasteiger partial charge is 0.338 e. The second-order valence-electron chi connectivity index (χ2n) is 5.98. The molecule has 1 aliphatic heterocycles. The van der Waals surface area contributed by atoms with Gasteiger partial charge in [-0.15, -0.1) is 0 Å². The summed E-state index contributed by atoms with van der Waals surface area (Å²) in [5.41, 5.74) is 2.18. The van der Waals surface area contributed by atoms with Crippen LogP contribution in [-0.4, -0.2) is 31.8 Å². The van der Waals surface area contributed by atoms with Gasteiger partial charge in [-0.25, -0.2) is 9.59 Å². The maximum absolute atomic E-state index is 12.2. The summed E-state index contributed by atoms with van der Waals surface area (Å²) < 4.78 is 15.7. The molecule has 0 aromatic heterocycles. The van der Waals surface area contributed by atoms with Crippen molar-refractivity contribution in [2.24, 2.45) is 0 Å². The topological polar surface area (TPSA) is 61.8 Å². The highest BCUT2D eigenvalue weighted by Crippen LogP contribution is 2.25. The van der Waals surface area contributed by atoms with Gasteiger partial charge >= 0.3 is 11.9 Å². The molecule has 3 rings (SSSR count). The van der Waals surface area contributed by atoms with Crippen molar-refractivity contribution in [3.8, 4) is 5.75 Å². The first-order valence-corrected chi connectivity index (χ1v) is 8.61. The Balaban J connectivity index is 1.52. The second kappa shape index (κ2) is 8.85. The fourth-order valence-corrected chi connectivity index (χ4v) is 2.66. The second-order valence-corrected chi connectivity index (χ2v) is 5.98. The van der Waals surface area contributed by atoms with Crippen LogP contribution in [0.2, 0.25) is 0 Å². The Labute approximate surface area is 157 Å². The van der Waals surface area contributed by atoms with E-state index in [0.29, 0.717) is 12.0 Å². The summed E-state index contributed by atoms with van der Waals surface area (Å²) in [5.74, 6) is -0.177. The zero-order valence-corrected chi connectivity index (χ0v) is 15.0. The van der Waals surface area contributed by atoms with Crippen molar-refractivity contribution in [2.75, 3.05) is 13.7 Å². The average Bonchev–Trinajstić information content (AvgIpc) is 2.72. The monoisotopic (exact) mass is 364 g/mol. The molecule has 1 atom stereocenters. The summed E-state index contributed by atoms with van der Waals surface area (Å²) in [7, 11) is 1.59. The first-order chi connectivity index (χ1) is 13.2. The molecule has 1 aliphatic rings. The molecule has 0 radical (unpaired) electrons. The van der Waals surface area contributed by atoms with E-state index in [1.807, 2.05) is 36.4 Å². The van der Waals surface area contributed by atoms with Crippen LogP contribution in [0.4, 0.5) is 0 Å². The van der Waals surface area contributed by atoms with E-state index in [1.165, 1.54) is 6.08 Å². The van der Waals surface area contributed by atoms with Crippen LogP contribution in [0.1, 0.15) is 17.5 Å². The summed E-state index contributed by atoms with van der Waals surface area (Å²) >= 11 is 0. The molecule has 2 aromatic rings. The van der Waals surface area contributed by atoms with E-state index in [9.17, 15) is 9.59 Å². The molecule has 0 fully saturated rings. The number of cyclic esters (lactones) is 1. The van der Waals surface area contributed by atoms with Gasteiger partial charge in [0.2, 0.25) is 0 Å². The van der Waals surface area contributed by atoms with Gasteiger partial charge in [-0.3, -0.25) is 0 Å². The van der Waals surface area contributed by atoms with Gasteiger partial charge in [0.1, 0.15) is 18.5 Å². The number of carbonyl (C=O) groups excluding carboxylic acids is 2. The van der Waals surface area contributed by atoms with E-state index in [-0.39, 0.29) is 6.61 Å². The Bertz CT molecular complexity index is 850. The molecule has 0 N–H and O–H groups in total. The van der Waals surface area contributed by atoms with Gasteiger partial charge in [-0.05, 0) is 29.3 Å². The lowest BCUT2D eigenvalue weighted by Gasteiger charge is -2.22. The molecule has 0 saturated heterocycles. The number of carbonyl (C=O) groups is 2. The van der Waals surface area contributed by atoms with Gasteiger partial charge in [0.25, 0.3) is 0 Å². The lowest BCUT2D eigenvalue weighted by molar-refractivity contribution is -0.152. The highest BCUT2D eigenvalue weighted by atomic mass is 16.6. The van der Waals surface area contributed by atoms with Crippen molar-refractivity contribution < 1.29 is 23.8 Å². The van der Waals surface area contributed by atoms with Crippen LogP contribution in [0.15, 0.2) is 66.7 Å². The Hall–Kier alpha value is -3.34. The summed E-state index contributed by atoms with van der Waals surface area (Å²) in [6.45, 7) is 0.0239. The molecule has 0 spiro atoms. The van der Waals surface area contributed by atoms with Crippen LogP contribution in [0.25, 0.3) is 11.6 Å². The molecule has 0 saturated carbocycles. The zero-order chi connectivity index (χ0) is 19.1. The van der Waals surface area contributed by atoms with Gasteiger partial charge in [0.15, 0.2) is 0 Å². The highest BCUT2D eigenvalue weighted by molar-refractivity contribution is 6.17. The van der Waals surface area contributed by atoms with Crippen molar-refractivity contribution in [1.82, 2.24) is 0 Å². The van der Waals surface area contributed by atoms with Crippen molar-refractivity contribution in [1.29, 1.82) is 0 Å². The first-order valence-electron chi connectivity index (χ1n) is 8.61. The Kier molecular flexibility index (Phi) is 6.05. The van der Waals surface area contributed by atoms with Crippen molar-refractivity contribution >= 4 is 23.6 Å². The molecular formula is C22H20O5. The summed E-state index contributed by atoms with van der Waals surface area (Å²) in [5, 5.41) is 0. The molecule has 2 aromatic carbocycles. The predicted molar refractivity (Wildman–Crippen MR) is 102 cm³/mol. The Morgan fingerprint density at radius 3 is 2.56 bits per heavy atom. The average molecular weight is 364 g/mol. The van der Waals surface area contributed by atoms with Crippen LogP contribution in [0, 0.1) is 0 Å². The van der Waals surface area contributed by atoms with E-state index < -0.39 is 18.0 Å². The normalized spacial score (nSPS) is 16.6. The standard InChI is InChI=1S/C22H20O5/c1-25-18-10-8-17(9-11-18)20-13-12-19(27-22(20)24)15-26-21(23)14-7-16-5-3-2-4-6-16/h2-11,13-14,19H,12,15H2,1H3/b14-7+. The fourth-order valence-electron chi connectivity index (χ4n) is 2.66. The molecule has 0 aliphatic carbocycles. The van der Waals surface area contributed by atoms with E-state index in [1.54, 1.807) is 37.5 Å². The van der Waals surface area contributed by atoms with Crippen molar-refractivity contribution in [3.05, 3.63) is 77.9 Å². The minimum Gasteiger partial charge on any atom is -0.497 e. The van der Waals surface area contributed by atoms with Crippen LogP contribution in [-0.2, 0) is 19.1 Å². The number of esters is 2. The Morgan fingerprint density at radius 2 is 1.89 bits per heavy atom. The van der Waals surface area contributed by atoms with Gasteiger partial charge in [-0.1, -0.05) is 48.5 Å². The Morgan fingerprint density at radius 1 is 1.15 bits per heavy atom. The van der Waals surface area contributed by atoms with Crippen molar-refractivity contribution in [3.63, 3.8) is 0 Å². The molecule has 1 heterocycles. The number of ether oxygens (including phenoxy) is 3. The third-order valence-electron chi connectivity index (χ3n) is 4.10. The molecule has 138 valence electrons. The third kappa shape index (κ3) is 5.07. The predicted octanol–water partition coefficient (Wildman–Crippen LogP) is 3.65. The largest absolute Gasteiger partial charge is 0.497 e. The molecule has 0 bridgehead atoms. The van der Waals surface area contributed by atoms with Crippen LogP contribution in [0.3, 0.4) is 0 Å². The van der Waals surface area contributed by atoms with E-state index in [0.717, 1.165) is 16.9 Å². The van der Waals surface area contributed by atoms with Crippen LogP contribution >= 0.6 is 0 Å². The van der Waals surface area contributed by atoms with Gasteiger partial charge in [-0.2, -0.15) is 0 Å². The van der Waals surface area contributed by atoms with E-state index in [2.05, 4.69) is 0 Å². The molecule has 5 heteroatoms. The summed E-state index contributed by atoms with van der Waals surface area (Å²) in [4.78, 5) is 24.0. The number of benzene rings is 2. The van der Waals surface area contributed by atoms with E-state index >= 15 is 0 Å². The van der Waals surface area contributed by atoms with E-state index in [4.69, 9.17) is 14.2 Å². The number of methoxy groups -OCH3 is 1. The third-order valence-corrected chi connectivity index (χ3v) is 4.10. The van der Waals surface area contributed by atoms with Crippen LogP contribution in [0.5, 0.6) is 5.75 Å². The van der Waals surface area contributed by atoms with Gasteiger partial charge < -0.3 is 14.2 Å². The molecule has 1 unspecified atom stereocenters. The van der Waals surface area contributed by atoms with Gasteiger partial charge in [0, 0.05) is 12.5 Å². The van der Waals surface area contributed by atoms with Crippen molar-refractivity contribution in [2.45, 2.75) is 12.5 Å². The lowest BCUT2D eigenvalue weighted by atomic mass is 10.0. The number of rotatable bonds is 6. The summed E-state index contributed by atoms with van der Waals surface area (Å²) in [6, 6.07) is 16.6. The molecule has 27 heavy (non-hydrogen) atoms. The highest BCUT2D eigenvalue weighted by Gasteiger charge is 2.25. The maximum atomic E-state index is 12.2. The summed E-state index contributed by atoms with van der Waals surface area (Å²) in [6.07, 6.45) is 4.86. The fraction of sp³-hybridized carbons (Fsp3) is 0.182. The first kappa shape index (κ1) is 18.5. The molecular weight excluding hydrogens is 344 g/mol. The SMILES string of the molecule is COc1ccc(C2=CCC(COC(=O)/C=C/c3ccccc3)OC2=O)cc1.